The molecule has 0 bridgehead atoms. The molecule has 0 saturated carbocycles. The van der Waals surface area contributed by atoms with E-state index < -0.39 is 0 Å². The van der Waals surface area contributed by atoms with Gasteiger partial charge in [-0.15, -0.1) is 0 Å². The van der Waals surface area contributed by atoms with Crippen molar-refractivity contribution in [1.82, 2.24) is 14.4 Å². The van der Waals surface area contributed by atoms with Crippen molar-refractivity contribution in [1.29, 1.82) is 0 Å². The Bertz CT molecular complexity index is 1070. The zero-order valence-corrected chi connectivity index (χ0v) is 20.3. The highest BCUT2D eigenvalue weighted by atomic mass is 32.1. The van der Waals surface area contributed by atoms with E-state index in [9.17, 15) is 0 Å². The fourth-order valence-electron chi connectivity index (χ4n) is 4.34. The largest absolute Gasteiger partial charge is 0.379 e. The first kappa shape index (κ1) is 22.8. The number of hydrogen-bond donors (Lipinski definition) is 1. The number of rotatable bonds is 7. The van der Waals surface area contributed by atoms with Crippen molar-refractivity contribution in [3.63, 3.8) is 0 Å². The number of para-hydroxylation sites is 1. The van der Waals surface area contributed by atoms with Crippen LogP contribution in [0.5, 0.6) is 0 Å². The van der Waals surface area contributed by atoms with Crippen molar-refractivity contribution in [2.45, 2.75) is 26.8 Å². The Labute approximate surface area is 197 Å². The lowest BCUT2D eigenvalue weighted by atomic mass is 10.1. The van der Waals surface area contributed by atoms with E-state index >= 15 is 0 Å². The van der Waals surface area contributed by atoms with E-state index in [2.05, 4.69) is 89.2 Å². The molecule has 5 nitrogen and oxygen atoms in total. The van der Waals surface area contributed by atoms with Crippen LogP contribution in [0.1, 0.15) is 23.1 Å². The molecule has 1 aliphatic rings. The number of morpholine rings is 1. The predicted molar refractivity (Wildman–Crippen MR) is 137 cm³/mol. The van der Waals surface area contributed by atoms with Crippen LogP contribution in [0.2, 0.25) is 0 Å². The number of aromatic nitrogens is 1. The SMILES string of the molecule is Cc1ccc(NC(=S)N(CCCN2CCOCC2)Cc2cn(C)c3ccccc23)cc1C. The summed E-state index contributed by atoms with van der Waals surface area (Å²) in [6.45, 7) is 10.8. The van der Waals surface area contributed by atoms with Crippen LogP contribution in [0.4, 0.5) is 5.69 Å². The monoisotopic (exact) mass is 450 g/mol. The summed E-state index contributed by atoms with van der Waals surface area (Å²) in [6, 6.07) is 15.0. The Morgan fingerprint density at radius 3 is 2.66 bits per heavy atom. The second-order valence-corrected chi connectivity index (χ2v) is 9.13. The lowest BCUT2D eigenvalue weighted by molar-refractivity contribution is 0.0368. The van der Waals surface area contributed by atoms with E-state index in [-0.39, 0.29) is 0 Å². The van der Waals surface area contributed by atoms with E-state index in [1.807, 2.05) is 0 Å². The minimum atomic E-state index is 0.781. The molecular weight excluding hydrogens is 416 g/mol. The summed E-state index contributed by atoms with van der Waals surface area (Å²) < 4.78 is 7.69. The van der Waals surface area contributed by atoms with Crippen molar-refractivity contribution < 1.29 is 4.74 Å². The molecular formula is C26H34N4OS. The van der Waals surface area contributed by atoms with Gasteiger partial charge in [0.2, 0.25) is 0 Å². The first-order chi connectivity index (χ1) is 15.5. The van der Waals surface area contributed by atoms with Crippen molar-refractivity contribution in [2.75, 3.05) is 44.7 Å². The number of fused-ring (bicyclic) bond motifs is 1. The maximum absolute atomic E-state index is 5.91. The number of benzene rings is 2. The third-order valence-electron chi connectivity index (χ3n) is 6.39. The average Bonchev–Trinajstić information content (AvgIpc) is 3.12. The van der Waals surface area contributed by atoms with Crippen molar-refractivity contribution in [2.24, 2.45) is 7.05 Å². The van der Waals surface area contributed by atoms with Crippen LogP contribution in [0.3, 0.4) is 0 Å². The van der Waals surface area contributed by atoms with Gasteiger partial charge < -0.3 is 19.5 Å². The van der Waals surface area contributed by atoms with Gasteiger partial charge in [0.25, 0.3) is 0 Å². The Morgan fingerprint density at radius 2 is 1.88 bits per heavy atom. The predicted octanol–water partition coefficient (Wildman–Crippen LogP) is 4.72. The smallest absolute Gasteiger partial charge is 0.173 e. The number of thiocarbonyl (C=S) groups is 1. The summed E-state index contributed by atoms with van der Waals surface area (Å²) in [4.78, 5) is 4.80. The van der Waals surface area contributed by atoms with Gasteiger partial charge in [0, 0.05) is 62.6 Å². The molecule has 170 valence electrons. The Balaban J connectivity index is 1.49. The van der Waals surface area contributed by atoms with Crippen LogP contribution in [0, 0.1) is 13.8 Å². The fraction of sp³-hybridized carbons (Fsp3) is 0.423. The highest BCUT2D eigenvalue weighted by Gasteiger charge is 2.16. The molecule has 32 heavy (non-hydrogen) atoms. The Kier molecular flexibility index (Phi) is 7.45. The summed E-state index contributed by atoms with van der Waals surface area (Å²) in [5, 5.41) is 5.56. The first-order valence-corrected chi connectivity index (χ1v) is 11.9. The van der Waals surface area contributed by atoms with Gasteiger partial charge in [-0.25, -0.2) is 0 Å². The van der Waals surface area contributed by atoms with Crippen LogP contribution in [0.25, 0.3) is 10.9 Å². The third-order valence-corrected chi connectivity index (χ3v) is 6.75. The standard InChI is InChI=1S/C26H34N4OS/c1-20-9-10-23(17-21(20)2)27-26(32)30(12-6-11-29-13-15-31-16-14-29)19-22-18-28(3)25-8-5-4-7-24(22)25/h4-5,7-10,17-18H,6,11-16,19H2,1-3H3,(H,27,32). The summed E-state index contributed by atoms with van der Waals surface area (Å²) in [6.07, 6.45) is 3.30. The van der Waals surface area contributed by atoms with E-state index in [0.717, 1.165) is 63.2 Å². The van der Waals surface area contributed by atoms with Crippen LogP contribution in [-0.2, 0) is 18.3 Å². The first-order valence-electron chi connectivity index (χ1n) is 11.5. The number of anilines is 1. The molecule has 2 heterocycles. The lowest BCUT2D eigenvalue weighted by Gasteiger charge is -2.29. The normalized spacial score (nSPS) is 14.6. The minimum absolute atomic E-state index is 0.781. The van der Waals surface area contributed by atoms with Gasteiger partial charge in [-0.3, -0.25) is 4.90 Å². The summed E-state index contributed by atoms with van der Waals surface area (Å²) >= 11 is 5.91. The molecule has 0 spiro atoms. The van der Waals surface area contributed by atoms with Crippen LogP contribution in [0.15, 0.2) is 48.7 Å². The third kappa shape index (κ3) is 5.49. The van der Waals surface area contributed by atoms with E-state index in [1.54, 1.807) is 0 Å². The molecule has 0 amide bonds. The topological polar surface area (TPSA) is 32.7 Å². The second kappa shape index (κ2) is 10.5. The number of aryl methyl sites for hydroxylation is 3. The molecule has 2 aromatic carbocycles. The number of ether oxygens (including phenoxy) is 1. The zero-order valence-electron chi connectivity index (χ0n) is 19.4. The van der Waals surface area contributed by atoms with Crippen molar-refractivity contribution in [3.8, 4) is 0 Å². The number of nitrogens with zero attached hydrogens (tertiary/aromatic N) is 3. The van der Waals surface area contributed by atoms with E-state index in [4.69, 9.17) is 17.0 Å². The van der Waals surface area contributed by atoms with Crippen LogP contribution >= 0.6 is 12.2 Å². The number of nitrogens with one attached hydrogen (secondary N) is 1. The maximum atomic E-state index is 5.91. The molecule has 0 unspecified atom stereocenters. The molecule has 0 radical (unpaired) electrons. The molecule has 0 atom stereocenters. The molecule has 4 rings (SSSR count). The molecule has 1 saturated heterocycles. The van der Waals surface area contributed by atoms with Crippen molar-refractivity contribution in [3.05, 3.63) is 65.4 Å². The van der Waals surface area contributed by atoms with Crippen molar-refractivity contribution >= 4 is 33.9 Å². The van der Waals surface area contributed by atoms with Gasteiger partial charge in [-0.05, 0) is 67.4 Å². The molecule has 1 N–H and O–H groups in total. The molecule has 1 aliphatic heterocycles. The van der Waals surface area contributed by atoms with Gasteiger partial charge >= 0.3 is 0 Å². The highest BCUT2D eigenvalue weighted by Crippen LogP contribution is 2.23. The van der Waals surface area contributed by atoms with Crippen LogP contribution < -0.4 is 5.32 Å². The zero-order chi connectivity index (χ0) is 22.5. The van der Waals surface area contributed by atoms with Gasteiger partial charge in [-0.1, -0.05) is 24.3 Å². The van der Waals surface area contributed by atoms with Gasteiger partial charge in [0.15, 0.2) is 5.11 Å². The molecule has 1 aromatic heterocycles. The Morgan fingerprint density at radius 1 is 1.09 bits per heavy atom. The summed E-state index contributed by atoms with van der Waals surface area (Å²) in [5.74, 6) is 0. The Hall–Kier alpha value is -2.41. The maximum Gasteiger partial charge on any atom is 0.173 e. The quantitative estimate of drug-likeness (QED) is 0.527. The number of hydrogen-bond acceptors (Lipinski definition) is 3. The molecule has 3 aromatic rings. The van der Waals surface area contributed by atoms with E-state index in [1.165, 1.54) is 27.6 Å². The summed E-state index contributed by atoms with van der Waals surface area (Å²) in [7, 11) is 2.11. The van der Waals surface area contributed by atoms with Gasteiger partial charge in [0.1, 0.15) is 0 Å². The lowest BCUT2D eigenvalue weighted by Crippen LogP contribution is -2.40. The fourth-order valence-corrected chi connectivity index (χ4v) is 4.61. The van der Waals surface area contributed by atoms with E-state index in [0.29, 0.717) is 0 Å². The van der Waals surface area contributed by atoms with Crippen LogP contribution in [-0.4, -0.2) is 58.9 Å². The molecule has 0 aliphatic carbocycles. The molecule has 6 heteroatoms. The highest BCUT2D eigenvalue weighted by molar-refractivity contribution is 7.80. The van der Waals surface area contributed by atoms with Gasteiger partial charge in [0.05, 0.1) is 13.2 Å². The second-order valence-electron chi connectivity index (χ2n) is 8.74. The summed E-state index contributed by atoms with van der Waals surface area (Å²) in [5.41, 5.74) is 6.17. The minimum Gasteiger partial charge on any atom is -0.379 e. The van der Waals surface area contributed by atoms with Gasteiger partial charge in [-0.2, -0.15) is 0 Å². The molecule has 1 fully saturated rings. The average molecular weight is 451 g/mol.